The second-order valence-electron chi connectivity index (χ2n) is 9.28. The lowest BCUT2D eigenvalue weighted by atomic mass is 9.77. The molecule has 0 spiro atoms. The minimum absolute atomic E-state index is 0.113. The summed E-state index contributed by atoms with van der Waals surface area (Å²) in [7, 11) is 1.71. The van der Waals surface area contributed by atoms with Crippen LogP contribution in [0, 0.1) is 5.92 Å². The minimum atomic E-state index is 0.113. The van der Waals surface area contributed by atoms with E-state index in [1.54, 1.807) is 7.11 Å². The molecule has 2 saturated heterocycles. The van der Waals surface area contributed by atoms with Gasteiger partial charge in [-0.3, -0.25) is 4.90 Å². The van der Waals surface area contributed by atoms with Crippen LogP contribution in [0.2, 0.25) is 0 Å². The zero-order chi connectivity index (χ0) is 21.9. The number of piperidine rings is 1. The SMILES string of the molecule is COc1cccc(CN2CCC(N3C(=O)NC4CC=CC[C@@H]4[C@H]3c3ccccc3)CC2)c1. The lowest BCUT2D eigenvalue weighted by Crippen LogP contribution is -2.62. The van der Waals surface area contributed by atoms with Crippen LogP contribution in [-0.2, 0) is 6.54 Å². The number of hydrogen-bond acceptors (Lipinski definition) is 3. The van der Waals surface area contributed by atoms with Crippen molar-refractivity contribution in [3.8, 4) is 5.75 Å². The van der Waals surface area contributed by atoms with Crippen LogP contribution in [0.4, 0.5) is 4.79 Å². The van der Waals surface area contributed by atoms with Crippen LogP contribution in [0.3, 0.4) is 0 Å². The molecule has 2 aromatic carbocycles. The summed E-state index contributed by atoms with van der Waals surface area (Å²) in [6.07, 6.45) is 8.49. The third kappa shape index (κ3) is 4.26. The quantitative estimate of drug-likeness (QED) is 0.694. The van der Waals surface area contributed by atoms with Crippen molar-refractivity contribution in [3.63, 3.8) is 0 Å². The molecule has 0 bridgehead atoms. The van der Waals surface area contributed by atoms with Gasteiger partial charge in [0.25, 0.3) is 0 Å². The van der Waals surface area contributed by atoms with Gasteiger partial charge in [0.15, 0.2) is 0 Å². The molecule has 1 aliphatic carbocycles. The Labute approximate surface area is 191 Å². The topological polar surface area (TPSA) is 44.8 Å². The summed E-state index contributed by atoms with van der Waals surface area (Å²) in [4.78, 5) is 18.0. The number of allylic oxidation sites excluding steroid dienone is 1. The predicted octanol–water partition coefficient (Wildman–Crippen LogP) is 4.76. The van der Waals surface area contributed by atoms with E-state index in [-0.39, 0.29) is 24.2 Å². The van der Waals surface area contributed by atoms with Gasteiger partial charge in [-0.1, -0.05) is 54.6 Å². The number of rotatable bonds is 5. The smallest absolute Gasteiger partial charge is 0.318 e. The predicted molar refractivity (Wildman–Crippen MR) is 126 cm³/mol. The van der Waals surface area contributed by atoms with E-state index < -0.39 is 0 Å². The number of fused-ring (bicyclic) bond motifs is 1. The molecule has 3 atom stereocenters. The second-order valence-corrected chi connectivity index (χ2v) is 9.28. The first-order valence-corrected chi connectivity index (χ1v) is 11.9. The largest absolute Gasteiger partial charge is 0.497 e. The lowest BCUT2D eigenvalue weighted by molar-refractivity contribution is 0.0383. The Bertz CT molecular complexity index is 952. The zero-order valence-electron chi connectivity index (χ0n) is 18.8. The van der Waals surface area contributed by atoms with Crippen LogP contribution in [0.1, 0.15) is 42.9 Å². The van der Waals surface area contributed by atoms with Gasteiger partial charge in [0.05, 0.1) is 13.2 Å². The number of carbonyl (C=O) groups excluding carboxylic acids is 1. The number of likely N-dealkylation sites (tertiary alicyclic amines) is 1. The van der Waals surface area contributed by atoms with Crippen molar-refractivity contribution in [3.05, 3.63) is 77.9 Å². The summed E-state index contributed by atoms with van der Waals surface area (Å²) in [5.74, 6) is 1.33. The summed E-state index contributed by atoms with van der Waals surface area (Å²) in [6.45, 7) is 2.93. The van der Waals surface area contributed by atoms with Crippen LogP contribution in [0.25, 0.3) is 0 Å². The van der Waals surface area contributed by atoms with Crippen LogP contribution in [0.5, 0.6) is 5.75 Å². The van der Waals surface area contributed by atoms with Crippen molar-refractivity contribution in [1.29, 1.82) is 0 Å². The summed E-state index contributed by atoms with van der Waals surface area (Å²) < 4.78 is 5.37. The minimum Gasteiger partial charge on any atom is -0.497 e. The van der Waals surface area contributed by atoms with Gasteiger partial charge in [0, 0.05) is 37.6 Å². The number of urea groups is 1. The maximum atomic E-state index is 13.3. The van der Waals surface area contributed by atoms with Crippen molar-refractivity contribution in [2.45, 2.75) is 50.4 Å². The van der Waals surface area contributed by atoms with Gasteiger partial charge in [-0.15, -0.1) is 0 Å². The number of nitrogens with one attached hydrogen (secondary N) is 1. The Hall–Kier alpha value is -2.79. The first-order chi connectivity index (χ1) is 15.7. The van der Waals surface area contributed by atoms with E-state index in [9.17, 15) is 4.79 Å². The Kier molecular flexibility index (Phi) is 6.17. The number of hydrogen-bond donors (Lipinski definition) is 1. The molecule has 1 unspecified atom stereocenters. The molecule has 2 aliphatic heterocycles. The molecule has 5 nitrogen and oxygen atoms in total. The number of amides is 2. The Morgan fingerprint density at radius 1 is 1.00 bits per heavy atom. The molecule has 1 N–H and O–H groups in total. The normalized spacial score (nSPS) is 26.5. The molecule has 2 heterocycles. The van der Waals surface area contributed by atoms with Crippen molar-refractivity contribution in [1.82, 2.24) is 15.1 Å². The second kappa shape index (κ2) is 9.37. The molecule has 0 aromatic heterocycles. The third-order valence-electron chi connectivity index (χ3n) is 7.36. The average molecular weight is 432 g/mol. The number of ether oxygens (including phenoxy) is 1. The van der Waals surface area contributed by atoms with E-state index in [2.05, 4.69) is 75.8 Å². The highest BCUT2D eigenvalue weighted by atomic mass is 16.5. The summed E-state index contributed by atoms with van der Waals surface area (Å²) in [6, 6.07) is 19.8. The van der Waals surface area contributed by atoms with Gasteiger partial charge in [0.2, 0.25) is 0 Å². The number of methoxy groups -OCH3 is 1. The first-order valence-electron chi connectivity index (χ1n) is 11.9. The van der Waals surface area contributed by atoms with Gasteiger partial charge in [-0.2, -0.15) is 0 Å². The Morgan fingerprint density at radius 3 is 2.56 bits per heavy atom. The first kappa shape index (κ1) is 21.1. The maximum Gasteiger partial charge on any atom is 0.318 e. The summed E-state index contributed by atoms with van der Waals surface area (Å²) >= 11 is 0. The highest BCUT2D eigenvalue weighted by Gasteiger charge is 2.45. The summed E-state index contributed by atoms with van der Waals surface area (Å²) in [5.41, 5.74) is 2.55. The Balaban J connectivity index is 1.31. The van der Waals surface area contributed by atoms with Gasteiger partial charge >= 0.3 is 6.03 Å². The van der Waals surface area contributed by atoms with Crippen LogP contribution >= 0.6 is 0 Å². The van der Waals surface area contributed by atoms with Crippen molar-refractivity contribution < 1.29 is 9.53 Å². The van der Waals surface area contributed by atoms with Gasteiger partial charge in [-0.05, 0) is 48.9 Å². The molecule has 2 amide bonds. The van der Waals surface area contributed by atoms with Crippen LogP contribution in [-0.4, -0.2) is 48.1 Å². The van der Waals surface area contributed by atoms with E-state index in [4.69, 9.17) is 4.74 Å². The molecule has 5 heteroatoms. The molecule has 0 saturated carbocycles. The highest BCUT2D eigenvalue weighted by Crippen LogP contribution is 2.42. The molecule has 0 radical (unpaired) electrons. The number of carbonyl (C=O) groups is 1. The van der Waals surface area contributed by atoms with Gasteiger partial charge in [-0.25, -0.2) is 4.79 Å². The van der Waals surface area contributed by atoms with E-state index in [0.717, 1.165) is 51.1 Å². The molecule has 2 aromatic rings. The van der Waals surface area contributed by atoms with Crippen LogP contribution < -0.4 is 10.1 Å². The zero-order valence-corrected chi connectivity index (χ0v) is 18.8. The monoisotopic (exact) mass is 431 g/mol. The third-order valence-corrected chi connectivity index (χ3v) is 7.36. The molecular weight excluding hydrogens is 398 g/mol. The van der Waals surface area contributed by atoms with Gasteiger partial charge in [0.1, 0.15) is 5.75 Å². The lowest BCUT2D eigenvalue weighted by Gasteiger charge is -2.51. The van der Waals surface area contributed by atoms with E-state index in [1.807, 2.05) is 6.07 Å². The Morgan fingerprint density at radius 2 is 1.78 bits per heavy atom. The van der Waals surface area contributed by atoms with Crippen molar-refractivity contribution >= 4 is 6.03 Å². The fraction of sp³-hybridized carbons (Fsp3) is 0.444. The van der Waals surface area contributed by atoms with Crippen molar-refractivity contribution in [2.75, 3.05) is 20.2 Å². The maximum absolute atomic E-state index is 13.3. The van der Waals surface area contributed by atoms with E-state index in [0.29, 0.717) is 5.92 Å². The van der Waals surface area contributed by atoms with Crippen LogP contribution in [0.15, 0.2) is 66.7 Å². The van der Waals surface area contributed by atoms with E-state index in [1.165, 1.54) is 11.1 Å². The van der Waals surface area contributed by atoms with Crippen molar-refractivity contribution in [2.24, 2.45) is 5.92 Å². The molecule has 168 valence electrons. The molecule has 3 aliphatic rings. The molecule has 32 heavy (non-hydrogen) atoms. The standard InChI is InChI=1S/C27H33N3O2/c1-32-23-11-7-8-20(18-23)19-29-16-14-22(15-17-29)30-26(21-9-3-2-4-10-21)24-12-5-6-13-25(24)28-27(30)31/h2-11,18,22,24-26H,12-17,19H2,1H3,(H,28,31)/t24-,25?,26+/m0/s1. The van der Waals surface area contributed by atoms with Gasteiger partial charge < -0.3 is 15.0 Å². The fourth-order valence-corrected chi connectivity index (χ4v) is 5.75. The van der Waals surface area contributed by atoms with E-state index >= 15 is 0 Å². The highest BCUT2D eigenvalue weighted by molar-refractivity contribution is 5.77. The molecule has 2 fully saturated rings. The molecule has 5 rings (SSSR count). The number of nitrogens with zero attached hydrogens (tertiary/aromatic N) is 2. The summed E-state index contributed by atoms with van der Waals surface area (Å²) in [5, 5.41) is 3.34. The number of benzene rings is 2. The molecular formula is C27H33N3O2. The average Bonchev–Trinajstić information content (AvgIpc) is 2.84. The fourth-order valence-electron chi connectivity index (χ4n) is 5.75.